The number of carbonyl (C=O) groups is 2. The van der Waals surface area contributed by atoms with E-state index in [1.54, 1.807) is 0 Å². The predicted molar refractivity (Wildman–Crippen MR) is 100 cm³/mol. The molecule has 0 atom stereocenters. The molecule has 0 aliphatic rings. The lowest BCUT2D eigenvalue weighted by molar-refractivity contribution is -0.137. The number of carboxylic acids is 1. The number of hydrogen-bond acceptors (Lipinski definition) is 2. The van der Waals surface area contributed by atoms with E-state index >= 15 is 0 Å². The number of amides is 1. The first-order valence-corrected chi connectivity index (χ1v) is 9.47. The number of rotatable bonds is 16. The molecule has 0 aliphatic carbocycles. The number of unbranched alkanes of at least 4 members (excludes halogenated alkanes) is 9. The third kappa shape index (κ3) is 18.5. The van der Waals surface area contributed by atoms with Gasteiger partial charge in [0.2, 0.25) is 5.91 Å². The summed E-state index contributed by atoms with van der Waals surface area (Å²) in [6.45, 7) is 1.95. The predicted octanol–water partition coefficient (Wildman–Crippen LogP) is 5.00. The molecule has 0 rings (SSSR count). The fourth-order valence-corrected chi connectivity index (χ4v) is 2.38. The van der Waals surface area contributed by atoms with Crippen LogP contribution in [0.1, 0.15) is 84.0 Å². The molecule has 4 nitrogen and oxygen atoms in total. The van der Waals surface area contributed by atoms with Crippen molar-refractivity contribution < 1.29 is 14.7 Å². The van der Waals surface area contributed by atoms with Crippen LogP contribution >= 0.6 is 0 Å². The van der Waals surface area contributed by atoms with Gasteiger partial charge in [0.1, 0.15) is 6.54 Å². The van der Waals surface area contributed by atoms with Gasteiger partial charge >= 0.3 is 5.97 Å². The molecular formula is C20H35NO3. The summed E-state index contributed by atoms with van der Waals surface area (Å²) >= 11 is 0. The van der Waals surface area contributed by atoms with Crippen molar-refractivity contribution in [3.63, 3.8) is 0 Å². The summed E-state index contributed by atoms with van der Waals surface area (Å²) in [6, 6.07) is 0. The van der Waals surface area contributed by atoms with Crippen LogP contribution in [0.4, 0.5) is 0 Å². The van der Waals surface area contributed by atoms with E-state index in [9.17, 15) is 9.59 Å². The summed E-state index contributed by atoms with van der Waals surface area (Å²) in [5.74, 6) is -1.16. The maximum Gasteiger partial charge on any atom is 0.322 e. The molecule has 0 saturated heterocycles. The highest BCUT2D eigenvalue weighted by Gasteiger charge is 2.02. The van der Waals surface area contributed by atoms with Gasteiger partial charge in [-0.15, -0.1) is 0 Å². The van der Waals surface area contributed by atoms with E-state index in [0.29, 0.717) is 6.42 Å². The van der Waals surface area contributed by atoms with Gasteiger partial charge in [-0.3, -0.25) is 9.59 Å². The molecule has 4 heteroatoms. The highest BCUT2D eigenvalue weighted by Crippen LogP contribution is 2.09. The van der Waals surface area contributed by atoms with Gasteiger partial charge in [-0.2, -0.15) is 0 Å². The Morgan fingerprint density at radius 1 is 0.833 bits per heavy atom. The number of allylic oxidation sites excluding steroid dienone is 4. The zero-order valence-corrected chi connectivity index (χ0v) is 15.3. The molecule has 0 saturated carbocycles. The number of carboxylic acid groups (broad SMARTS) is 1. The van der Waals surface area contributed by atoms with Crippen molar-refractivity contribution >= 4 is 11.9 Å². The van der Waals surface area contributed by atoms with Crippen LogP contribution in [0.15, 0.2) is 24.3 Å². The molecule has 1 amide bonds. The van der Waals surface area contributed by atoms with Gasteiger partial charge in [0.05, 0.1) is 0 Å². The Labute approximate surface area is 147 Å². The van der Waals surface area contributed by atoms with Crippen LogP contribution in [0.2, 0.25) is 0 Å². The van der Waals surface area contributed by atoms with Crippen LogP contribution in [0.25, 0.3) is 0 Å². The maximum absolute atomic E-state index is 11.3. The van der Waals surface area contributed by atoms with Crippen LogP contribution < -0.4 is 5.32 Å². The molecule has 0 aliphatic heterocycles. The second-order valence-corrected chi connectivity index (χ2v) is 6.18. The van der Waals surface area contributed by atoms with E-state index in [0.717, 1.165) is 25.7 Å². The van der Waals surface area contributed by atoms with Crippen molar-refractivity contribution in [3.8, 4) is 0 Å². The highest BCUT2D eigenvalue weighted by atomic mass is 16.4. The summed E-state index contributed by atoms with van der Waals surface area (Å²) in [6.07, 6.45) is 22.1. The van der Waals surface area contributed by atoms with Gasteiger partial charge in [0.15, 0.2) is 0 Å². The number of aliphatic carboxylic acids is 1. The lowest BCUT2D eigenvalue weighted by atomic mass is 10.1. The first-order valence-electron chi connectivity index (χ1n) is 9.47. The molecule has 2 N–H and O–H groups in total. The number of carbonyl (C=O) groups excluding carboxylic acids is 1. The van der Waals surface area contributed by atoms with E-state index in [2.05, 4.69) is 36.5 Å². The number of hydrogen-bond donors (Lipinski definition) is 2. The maximum atomic E-state index is 11.3. The zero-order chi connectivity index (χ0) is 17.9. The Morgan fingerprint density at radius 2 is 1.38 bits per heavy atom. The molecule has 0 aromatic rings. The van der Waals surface area contributed by atoms with E-state index in [1.165, 1.54) is 44.9 Å². The van der Waals surface area contributed by atoms with Crippen LogP contribution in [0.3, 0.4) is 0 Å². The standard InChI is InChI=1S/C20H35NO3/c1-2-3-4-5-6-7-8-9-10-11-12-13-14-15-16-17-19(22)21-18-20(23)24/h6-9H,2-5,10-18H2,1H3,(H,21,22)(H,23,24)/b7-6-,9-8+. The molecule has 0 aromatic carbocycles. The lowest BCUT2D eigenvalue weighted by Gasteiger charge is -2.02. The van der Waals surface area contributed by atoms with Crippen molar-refractivity contribution in [3.05, 3.63) is 24.3 Å². The first-order chi connectivity index (χ1) is 11.7. The van der Waals surface area contributed by atoms with Gasteiger partial charge in [-0.25, -0.2) is 0 Å². The average molecular weight is 338 g/mol. The Balaban J connectivity index is 3.27. The second-order valence-electron chi connectivity index (χ2n) is 6.18. The fourth-order valence-electron chi connectivity index (χ4n) is 2.38. The van der Waals surface area contributed by atoms with E-state index in [-0.39, 0.29) is 12.5 Å². The van der Waals surface area contributed by atoms with E-state index in [1.807, 2.05) is 0 Å². The van der Waals surface area contributed by atoms with Crippen LogP contribution in [0.5, 0.6) is 0 Å². The Bertz CT molecular complexity index is 375. The van der Waals surface area contributed by atoms with Gasteiger partial charge in [-0.1, -0.05) is 69.8 Å². The Kier molecular flexibility index (Phi) is 16.6. The third-order valence-electron chi connectivity index (χ3n) is 3.82. The Morgan fingerprint density at radius 3 is 1.96 bits per heavy atom. The molecular weight excluding hydrogens is 302 g/mol. The highest BCUT2D eigenvalue weighted by molar-refractivity contribution is 5.80. The van der Waals surface area contributed by atoms with Crippen molar-refractivity contribution in [2.45, 2.75) is 84.0 Å². The van der Waals surface area contributed by atoms with Gasteiger partial charge in [0, 0.05) is 6.42 Å². The third-order valence-corrected chi connectivity index (χ3v) is 3.82. The first kappa shape index (κ1) is 22.4. The summed E-state index contributed by atoms with van der Waals surface area (Å²) < 4.78 is 0. The molecule has 0 bridgehead atoms. The van der Waals surface area contributed by atoms with Gasteiger partial charge in [0.25, 0.3) is 0 Å². The lowest BCUT2D eigenvalue weighted by Crippen LogP contribution is -2.28. The minimum Gasteiger partial charge on any atom is -0.480 e. The van der Waals surface area contributed by atoms with Crippen LogP contribution in [-0.4, -0.2) is 23.5 Å². The van der Waals surface area contributed by atoms with E-state index < -0.39 is 5.97 Å². The van der Waals surface area contributed by atoms with Crippen molar-refractivity contribution in [2.75, 3.05) is 6.54 Å². The minimum absolute atomic E-state index is 0.162. The normalized spacial score (nSPS) is 11.4. The van der Waals surface area contributed by atoms with Crippen LogP contribution in [-0.2, 0) is 9.59 Å². The summed E-state index contributed by atoms with van der Waals surface area (Å²) in [7, 11) is 0. The Hall–Kier alpha value is -1.58. The van der Waals surface area contributed by atoms with E-state index in [4.69, 9.17) is 5.11 Å². The van der Waals surface area contributed by atoms with Gasteiger partial charge in [-0.05, 0) is 32.1 Å². The molecule has 138 valence electrons. The quantitative estimate of drug-likeness (QED) is 0.308. The zero-order valence-electron chi connectivity index (χ0n) is 15.3. The molecule has 0 heterocycles. The SMILES string of the molecule is CCCCC/C=C\C=C\CCCCCCCCC(=O)NCC(=O)O. The molecule has 0 fully saturated rings. The number of nitrogens with one attached hydrogen (secondary N) is 1. The van der Waals surface area contributed by atoms with Crippen molar-refractivity contribution in [1.29, 1.82) is 0 Å². The molecule has 24 heavy (non-hydrogen) atoms. The largest absolute Gasteiger partial charge is 0.480 e. The van der Waals surface area contributed by atoms with Crippen molar-refractivity contribution in [1.82, 2.24) is 5.32 Å². The minimum atomic E-state index is -0.996. The van der Waals surface area contributed by atoms with Gasteiger partial charge < -0.3 is 10.4 Å². The molecule has 0 spiro atoms. The van der Waals surface area contributed by atoms with Crippen LogP contribution in [0, 0.1) is 0 Å². The average Bonchev–Trinajstić information content (AvgIpc) is 2.56. The summed E-state index contributed by atoms with van der Waals surface area (Å²) in [4.78, 5) is 21.6. The second kappa shape index (κ2) is 17.8. The summed E-state index contributed by atoms with van der Waals surface area (Å²) in [5.41, 5.74) is 0. The molecule has 0 aromatic heterocycles. The van der Waals surface area contributed by atoms with Crippen molar-refractivity contribution in [2.24, 2.45) is 0 Å². The summed E-state index contributed by atoms with van der Waals surface area (Å²) in [5, 5.41) is 10.8. The molecule has 0 unspecified atom stereocenters. The monoisotopic (exact) mass is 337 g/mol. The topological polar surface area (TPSA) is 66.4 Å². The smallest absolute Gasteiger partial charge is 0.322 e. The molecule has 0 radical (unpaired) electrons. The fraction of sp³-hybridized carbons (Fsp3) is 0.700.